The van der Waals surface area contributed by atoms with Crippen LogP contribution >= 0.6 is 34.0 Å². The molecule has 778 valence electrons. The third kappa shape index (κ3) is 97.3. The lowest BCUT2D eigenvalue weighted by molar-refractivity contribution is 0.471. The summed E-state index contributed by atoms with van der Waals surface area (Å²) in [7, 11) is 0. The molecule has 0 saturated carbocycles. The first-order valence-electron chi connectivity index (χ1n) is 50.3. The van der Waals surface area contributed by atoms with E-state index in [1.54, 1.807) is 134 Å². The molecule has 0 aromatic carbocycles. The smallest absolute Gasteiger partial charge is 0.196 e. The normalized spacial score (nSPS) is 8.86. The minimum Gasteiger partial charge on any atom is -0.451 e. The average Bonchev–Trinajstić information content (AvgIpc) is 1.80. The quantitative estimate of drug-likeness (QED) is 0.112. The van der Waals surface area contributed by atoms with Crippen LogP contribution in [0, 0.1) is 0 Å². The van der Waals surface area contributed by atoms with Crippen molar-refractivity contribution < 1.29 is 13.3 Å². The summed E-state index contributed by atoms with van der Waals surface area (Å²) in [6.45, 7) is 107. The predicted molar refractivity (Wildman–Crippen MR) is 597 cm³/mol. The van der Waals surface area contributed by atoms with Crippen molar-refractivity contribution in [1.29, 1.82) is 0 Å². The molecular weight excluding hydrogens is 1750 g/mol. The van der Waals surface area contributed by atoms with Crippen molar-refractivity contribution in [3.05, 3.63) is 268 Å². The summed E-state index contributed by atoms with van der Waals surface area (Å²) < 4.78 is 14.7. The second-order valence-electron chi connectivity index (χ2n) is 28.3. The zero-order valence-electron chi connectivity index (χ0n) is 95.9. The van der Waals surface area contributed by atoms with Crippen molar-refractivity contribution in [2.45, 2.75) is 437 Å². The average molecular weight is 1950 g/mol. The molecule has 13 aromatic rings. The zero-order valence-corrected chi connectivity index (χ0v) is 98.4. The molecule has 0 aliphatic heterocycles. The molecule has 1 N–H and O–H groups in total. The Morgan fingerprint density at radius 1 is 0.294 bits per heavy atom. The molecule has 0 atom stereocenters. The number of rotatable bonds is 13. The van der Waals surface area contributed by atoms with Gasteiger partial charge in [-0.2, -0.15) is 25.5 Å². The van der Waals surface area contributed by atoms with E-state index in [9.17, 15) is 0 Å². The van der Waals surface area contributed by atoms with Crippen LogP contribution in [0.4, 0.5) is 0 Å². The largest absolute Gasteiger partial charge is 0.451 e. The summed E-state index contributed by atoms with van der Waals surface area (Å²) in [6.07, 6.45) is 37.6. The van der Waals surface area contributed by atoms with E-state index >= 15 is 0 Å². The minimum atomic E-state index is 0.407. The zero-order chi connectivity index (χ0) is 108. The standard InChI is InChI=1S/6C7H10N2.C6H10N2.3C6H9NO.3C6H9NS.13C2H6/c1-6(2)7-3-8-5-9-4-7;1-6(2)7-5-8-3-4-9-7;1-6(2)7-3-4-8-5-9-7;1-6(2)7-3-4-8-9-5-7;1-6(2)7-8-4-3-5-9-7;1-6(2)7-4-3-5-8-9-7;1-5(2)6-3-4-7-8-6;1-5(2)6-3-8-4-7-6;1-5(2)6-3-7-4-8-6;1-5(2)6-7-3-4-8-6;1-5(2)6-3-8-4-7-6;1-5(2)6-3-7-4-8-6;1-5(2)6-7-3-4-8-6;13*1-2/h6*3-6H,1-2H3;3-5H,1-2H3,(H,7,8);6*3-5H,1-2H3;13*1-2H3. The summed E-state index contributed by atoms with van der Waals surface area (Å²) in [4.78, 5) is 57.1. The Kier molecular flexibility index (Phi) is 138. The molecule has 0 aliphatic rings. The van der Waals surface area contributed by atoms with Gasteiger partial charge in [0.2, 0.25) is 0 Å². The van der Waals surface area contributed by atoms with Gasteiger partial charge in [-0.05, 0) is 101 Å². The fraction of sp³-hybridized carbons (Fsp3) is 0.591. The van der Waals surface area contributed by atoms with Crippen LogP contribution in [-0.2, 0) is 0 Å². The van der Waals surface area contributed by atoms with Crippen molar-refractivity contribution in [3.63, 3.8) is 0 Å². The van der Waals surface area contributed by atoms with E-state index < -0.39 is 0 Å². The van der Waals surface area contributed by atoms with E-state index in [1.807, 2.05) is 271 Å². The van der Waals surface area contributed by atoms with Crippen LogP contribution in [0.5, 0.6) is 0 Å². The number of aromatic amines is 1. The van der Waals surface area contributed by atoms with Gasteiger partial charge in [-0.25, -0.2) is 54.8 Å². The molecule has 13 aromatic heterocycles. The molecule has 13 heterocycles. The highest BCUT2D eigenvalue weighted by Gasteiger charge is 2.06. The summed E-state index contributed by atoms with van der Waals surface area (Å²) in [5.74, 6) is 9.41. The monoisotopic (exact) mass is 1950 g/mol. The highest BCUT2D eigenvalue weighted by molar-refractivity contribution is 7.10. The van der Waals surface area contributed by atoms with Crippen molar-refractivity contribution in [3.8, 4) is 0 Å². The van der Waals surface area contributed by atoms with Crippen LogP contribution in [0.15, 0.2) is 209 Å². The SMILES string of the molecule is CC.CC.CC.CC.CC.CC.CC.CC.CC.CC.CC.CC.CC.CC(C)c1cccnn1.CC(C)c1ccn[nH]1.CC(C)c1ccncn1.CC(C)c1ccnnc1.CC(C)c1cnccn1.CC(C)c1cncnc1.CC(C)c1cnco1.CC(C)c1cncs1.CC(C)c1cocn1.CC(C)c1cscn1.CC(C)c1ncccn1.CC(C)c1ncco1.CC(C)c1nccs1. The molecule has 136 heavy (non-hydrogen) atoms. The van der Waals surface area contributed by atoms with Crippen molar-refractivity contribution in [2.24, 2.45) is 0 Å². The van der Waals surface area contributed by atoms with Gasteiger partial charge in [-0.1, -0.05) is 360 Å². The second-order valence-corrected chi connectivity index (χ2v) is 30.8. The first-order chi connectivity index (χ1) is 65.5. The van der Waals surface area contributed by atoms with Gasteiger partial charge in [0.25, 0.3) is 0 Å². The van der Waals surface area contributed by atoms with Gasteiger partial charge in [0.05, 0.1) is 57.4 Å². The van der Waals surface area contributed by atoms with Crippen LogP contribution in [0.25, 0.3) is 0 Å². The van der Waals surface area contributed by atoms with E-state index in [0.717, 1.165) is 40.3 Å². The molecule has 0 spiro atoms. The molecule has 0 amide bonds. The van der Waals surface area contributed by atoms with E-state index in [-0.39, 0.29) is 0 Å². The summed E-state index contributed by atoms with van der Waals surface area (Å²) in [6, 6.07) is 11.6. The summed E-state index contributed by atoms with van der Waals surface area (Å²) >= 11 is 5.10. The number of aromatic nitrogens is 20. The molecule has 13 rings (SSSR count). The van der Waals surface area contributed by atoms with Gasteiger partial charge in [0.1, 0.15) is 36.8 Å². The Hall–Kier alpha value is -9.79. The van der Waals surface area contributed by atoms with Crippen molar-refractivity contribution in [2.75, 3.05) is 0 Å². The number of hydrogen-bond acceptors (Lipinski definition) is 25. The number of thiazole rings is 3. The van der Waals surface area contributed by atoms with Crippen LogP contribution in [0.2, 0.25) is 0 Å². The number of nitrogens with one attached hydrogen (secondary N) is 1. The molecule has 0 radical (unpaired) electrons. The lowest BCUT2D eigenvalue weighted by Crippen LogP contribution is -1.93. The first-order valence-corrected chi connectivity index (χ1v) is 53.0. The molecule has 0 bridgehead atoms. The topological polar surface area (TPSA) is 300 Å². The molecule has 0 aliphatic carbocycles. The maximum absolute atomic E-state index is 4.98. The van der Waals surface area contributed by atoms with Gasteiger partial charge in [0.15, 0.2) is 18.7 Å². The van der Waals surface area contributed by atoms with Crippen LogP contribution in [0.3, 0.4) is 0 Å². The van der Waals surface area contributed by atoms with Gasteiger partial charge in [-0.3, -0.25) is 20.1 Å². The van der Waals surface area contributed by atoms with Gasteiger partial charge in [-0.15, -0.1) is 34.0 Å². The molecule has 0 saturated heterocycles. The lowest BCUT2D eigenvalue weighted by atomic mass is 10.1. The first kappa shape index (κ1) is 154. The van der Waals surface area contributed by atoms with Gasteiger partial charge >= 0.3 is 0 Å². The Labute approximate surface area is 847 Å². The number of nitrogens with zero attached hydrogens (tertiary/aromatic N) is 19. The van der Waals surface area contributed by atoms with E-state index in [0.29, 0.717) is 76.9 Å². The number of oxazole rings is 3. The molecule has 26 heteroatoms. The highest BCUT2D eigenvalue weighted by Crippen LogP contribution is 2.20. The molecule has 0 unspecified atom stereocenters. The summed E-state index contributed by atoms with van der Waals surface area (Å²) in [5.41, 5.74) is 12.8. The predicted octanol–water partition coefficient (Wildman–Crippen LogP) is 36.7. The van der Waals surface area contributed by atoms with E-state index in [1.165, 1.54) is 45.2 Å². The fourth-order valence-electron chi connectivity index (χ4n) is 7.40. The molecule has 0 fully saturated rings. The van der Waals surface area contributed by atoms with Crippen LogP contribution in [-0.4, -0.2) is 100 Å². The van der Waals surface area contributed by atoms with Crippen molar-refractivity contribution >= 4 is 34.0 Å². The Morgan fingerprint density at radius 2 is 0.846 bits per heavy atom. The number of H-pyrrole nitrogens is 1. The second kappa shape index (κ2) is 121. The van der Waals surface area contributed by atoms with Gasteiger partial charge in [0, 0.05) is 131 Å². The maximum Gasteiger partial charge on any atom is 0.196 e. The van der Waals surface area contributed by atoms with Crippen LogP contribution in [0.1, 0.15) is 510 Å². The fourth-order valence-corrected chi connectivity index (χ4v) is 9.40. The Morgan fingerprint density at radius 3 is 1.08 bits per heavy atom. The highest BCUT2D eigenvalue weighted by atomic mass is 32.1. The van der Waals surface area contributed by atoms with E-state index in [4.69, 9.17) is 13.3 Å². The third-order valence-electron chi connectivity index (χ3n) is 14.3. The molecule has 23 nitrogen and oxygen atoms in total. The van der Waals surface area contributed by atoms with Gasteiger partial charge < -0.3 is 13.3 Å². The van der Waals surface area contributed by atoms with E-state index in [2.05, 4.69) is 272 Å². The van der Waals surface area contributed by atoms with Crippen molar-refractivity contribution in [1.82, 2.24) is 100 Å². The Bertz CT molecular complexity index is 3290. The lowest BCUT2D eigenvalue weighted by Gasteiger charge is -2.00. The third-order valence-corrected chi connectivity index (χ3v) is 17.1. The van der Waals surface area contributed by atoms with Crippen LogP contribution < -0.4 is 0 Å². The number of hydrogen-bond donors (Lipinski definition) is 1. The molecular formula is C110H202N20O3S3. The minimum absolute atomic E-state index is 0.407. The summed E-state index contributed by atoms with van der Waals surface area (Å²) in [5, 5.41) is 27.1. The Balaban J connectivity index is -0.000000107. The maximum atomic E-state index is 4.98.